The van der Waals surface area contributed by atoms with Crippen LogP contribution in [0.2, 0.25) is 0 Å². The second-order valence-corrected chi connectivity index (χ2v) is 7.54. The van der Waals surface area contributed by atoms with E-state index < -0.39 is 0 Å². The highest BCUT2D eigenvalue weighted by atomic mass is 32.1. The number of aryl methyl sites for hydroxylation is 1. The largest absolute Gasteiger partial charge is 0.495 e. The van der Waals surface area contributed by atoms with Crippen molar-refractivity contribution in [2.75, 3.05) is 12.4 Å². The Morgan fingerprint density at radius 3 is 2.62 bits per heavy atom. The van der Waals surface area contributed by atoms with E-state index in [0.29, 0.717) is 22.6 Å². The molecule has 2 heterocycles. The number of aromatic nitrogens is 3. The van der Waals surface area contributed by atoms with Gasteiger partial charge in [0.1, 0.15) is 18.0 Å². The highest BCUT2D eigenvalue weighted by Gasteiger charge is 2.18. The number of hydrogen-bond acceptors (Lipinski definition) is 6. The van der Waals surface area contributed by atoms with Crippen molar-refractivity contribution in [1.29, 1.82) is 0 Å². The van der Waals surface area contributed by atoms with E-state index in [4.69, 9.17) is 4.74 Å². The molecule has 0 spiro atoms. The Labute approximate surface area is 170 Å². The number of nitrogens with zero attached hydrogens (tertiary/aromatic N) is 3. The molecule has 2 aromatic heterocycles. The molecule has 0 saturated carbocycles. The van der Waals surface area contributed by atoms with Crippen molar-refractivity contribution in [3.05, 3.63) is 70.0 Å². The van der Waals surface area contributed by atoms with Crippen LogP contribution >= 0.6 is 11.3 Å². The van der Waals surface area contributed by atoms with Crippen LogP contribution in [0.25, 0.3) is 21.5 Å². The fraction of sp³-hybridized carbons (Fsp3) is 0.143. The molecule has 2 aromatic carbocycles. The van der Waals surface area contributed by atoms with Crippen LogP contribution in [0.3, 0.4) is 0 Å². The molecule has 4 rings (SSSR count). The van der Waals surface area contributed by atoms with Gasteiger partial charge in [0.25, 0.3) is 5.56 Å². The van der Waals surface area contributed by atoms with Crippen LogP contribution in [0.15, 0.2) is 59.4 Å². The molecule has 0 aliphatic heterocycles. The Morgan fingerprint density at radius 2 is 1.86 bits per heavy atom. The van der Waals surface area contributed by atoms with E-state index in [2.05, 4.69) is 15.4 Å². The summed E-state index contributed by atoms with van der Waals surface area (Å²) in [4.78, 5) is 29.9. The smallest absolute Gasteiger partial charge is 0.294 e. The molecule has 1 amide bonds. The lowest BCUT2D eigenvalue weighted by Gasteiger charge is -2.11. The minimum Gasteiger partial charge on any atom is -0.495 e. The average molecular weight is 406 g/mol. The fourth-order valence-electron chi connectivity index (χ4n) is 3.03. The Hall–Kier alpha value is -3.52. The lowest BCUT2D eigenvalue weighted by atomic mass is 10.1. The molecule has 0 aliphatic carbocycles. The number of hydrogen-bond donors (Lipinski definition) is 1. The van der Waals surface area contributed by atoms with E-state index in [-0.39, 0.29) is 18.0 Å². The number of thiazole rings is 1. The summed E-state index contributed by atoms with van der Waals surface area (Å²) >= 11 is 1.42. The molecule has 4 aromatic rings. The number of amides is 1. The number of fused-ring (bicyclic) bond motifs is 1. The number of methoxy groups -OCH3 is 1. The highest BCUT2D eigenvalue weighted by molar-refractivity contribution is 7.19. The molecule has 0 unspecified atom stereocenters. The fourth-order valence-corrected chi connectivity index (χ4v) is 3.95. The highest BCUT2D eigenvalue weighted by Crippen LogP contribution is 2.29. The van der Waals surface area contributed by atoms with E-state index in [1.165, 1.54) is 18.4 Å². The number of carbonyl (C=O) groups is 1. The van der Waals surface area contributed by atoms with Crippen LogP contribution in [0, 0.1) is 6.92 Å². The Kier molecular flexibility index (Phi) is 5.09. The maximum absolute atomic E-state index is 12.9. The first-order valence-corrected chi connectivity index (χ1v) is 9.75. The summed E-state index contributed by atoms with van der Waals surface area (Å²) in [7, 11) is 1.53. The first-order chi connectivity index (χ1) is 14.1. The Morgan fingerprint density at radius 1 is 1.14 bits per heavy atom. The summed E-state index contributed by atoms with van der Waals surface area (Å²) in [5.74, 6) is 0.158. The van der Waals surface area contributed by atoms with Gasteiger partial charge in [0.05, 0.1) is 22.5 Å². The first-order valence-electron chi connectivity index (χ1n) is 8.93. The van der Waals surface area contributed by atoms with Crippen molar-refractivity contribution in [2.45, 2.75) is 13.5 Å². The summed E-state index contributed by atoms with van der Waals surface area (Å²) in [6.45, 7) is 1.61. The molecule has 146 valence electrons. The summed E-state index contributed by atoms with van der Waals surface area (Å²) < 4.78 is 7.13. The van der Waals surface area contributed by atoms with Crippen LogP contribution in [0.1, 0.15) is 5.01 Å². The zero-order valence-electron chi connectivity index (χ0n) is 15.9. The van der Waals surface area contributed by atoms with Crippen molar-refractivity contribution in [1.82, 2.24) is 14.8 Å². The van der Waals surface area contributed by atoms with E-state index in [1.807, 2.05) is 43.3 Å². The number of rotatable bonds is 5. The van der Waals surface area contributed by atoms with Gasteiger partial charge in [-0.2, -0.15) is 5.10 Å². The molecule has 29 heavy (non-hydrogen) atoms. The second-order valence-electron chi connectivity index (χ2n) is 6.34. The summed E-state index contributed by atoms with van der Waals surface area (Å²) in [6, 6.07) is 16.6. The van der Waals surface area contributed by atoms with E-state index in [9.17, 15) is 9.59 Å². The minimum absolute atomic E-state index is 0.233. The molecule has 0 atom stereocenters. The molecule has 0 saturated heterocycles. The molecule has 0 aliphatic rings. The number of para-hydroxylation sites is 2. The van der Waals surface area contributed by atoms with Gasteiger partial charge in [-0.1, -0.05) is 42.5 Å². The van der Waals surface area contributed by atoms with Gasteiger partial charge >= 0.3 is 0 Å². The SMILES string of the molecule is COc1ccccc1NC(=O)Cn1nc(-c2ccccc2)c2sc(C)nc2c1=O. The van der Waals surface area contributed by atoms with Gasteiger partial charge in [0, 0.05) is 5.56 Å². The number of ether oxygens (including phenoxy) is 1. The number of benzene rings is 2. The predicted octanol–water partition coefficient (Wildman–Crippen LogP) is 3.48. The third kappa shape index (κ3) is 3.74. The predicted molar refractivity (Wildman–Crippen MR) is 113 cm³/mol. The van der Waals surface area contributed by atoms with Crippen molar-refractivity contribution < 1.29 is 9.53 Å². The van der Waals surface area contributed by atoms with Gasteiger partial charge in [-0.25, -0.2) is 9.67 Å². The molecule has 0 fully saturated rings. The molecule has 1 N–H and O–H groups in total. The third-order valence-corrected chi connectivity index (χ3v) is 5.31. The van der Waals surface area contributed by atoms with Gasteiger partial charge in [0.2, 0.25) is 5.91 Å². The van der Waals surface area contributed by atoms with Crippen molar-refractivity contribution in [2.24, 2.45) is 0 Å². The van der Waals surface area contributed by atoms with Crippen LogP contribution in [0.4, 0.5) is 5.69 Å². The Bertz CT molecular complexity index is 1250. The number of carbonyl (C=O) groups excluding carboxylic acids is 1. The van der Waals surface area contributed by atoms with Gasteiger partial charge in [-0.05, 0) is 19.1 Å². The van der Waals surface area contributed by atoms with Gasteiger partial charge in [-0.3, -0.25) is 9.59 Å². The van der Waals surface area contributed by atoms with Gasteiger partial charge in [-0.15, -0.1) is 11.3 Å². The number of anilines is 1. The maximum atomic E-state index is 12.9. The minimum atomic E-state index is -0.390. The van der Waals surface area contributed by atoms with Crippen molar-refractivity contribution in [3.63, 3.8) is 0 Å². The Balaban J connectivity index is 1.73. The lowest BCUT2D eigenvalue weighted by Crippen LogP contribution is -2.30. The molecular weight excluding hydrogens is 388 g/mol. The van der Waals surface area contributed by atoms with Crippen molar-refractivity contribution >= 4 is 33.1 Å². The normalized spacial score (nSPS) is 10.8. The summed E-state index contributed by atoms with van der Waals surface area (Å²) in [6.07, 6.45) is 0. The average Bonchev–Trinajstić information content (AvgIpc) is 3.13. The zero-order valence-corrected chi connectivity index (χ0v) is 16.7. The molecule has 0 bridgehead atoms. The first kappa shape index (κ1) is 18.8. The van der Waals surface area contributed by atoms with Gasteiger partial charge in [0.15, 0.2) is 5.52 Å². The number of nitrogens with one attached hydrogen (secondary N) is 1. The maximum Gasteiger partial charge on any atom is 0.294 e. The molecule has 7 nitrogen and oxygen atoms in total. The zero-order chi connectivity index (χ0) is 20.4. The standard InChI is InChI=1S/C21H18N4O3S/c1-13-22-19-20(29-13)18(14-8-4-3-5-9-14)24-25(21(19)27)12-17(26)23-15-10-6-7-11-16(15)28-2/h3-11H,12H2,1-2H3,(H,23,26). The van der Waals surface area contributed by atoms with Crippen molar-refractivity contribution in [3.8, 4) is 17.0 Å². The molecule has 8 heteroatoms. The topological polar surface area (TPSA) is 86.1 Å². The second kappa shape index (κ2) is 7.84. The lowest BCUT2D eigenvalue weighted by molar-refractivity contribution is -0.117. The van der Waals surface area contributed by atoms with Crippen LogP contribution in [-0.2, 0) is 11.3 Å². The monoisotopic (exact) mass is 406 g/mol. The van der Waals surface area contributed by atoms with E-state index in [1.54, 1.807) is 18.2 Å². The third-order valence-electron chi connectivity index (χ3n) is 4.33. The molecular formula is C21H18N4O3S. The van der Waals surface area contributed by atoms with E-state index in [0.717, 1.165) is 20.0 Å². The summed E-state index contributed by atoms with van der Waals surface area (Å²) in [5, 5.41) is 8.03. The quantitative estimate of drug-likeness (QED) is 0.548. The molecule has 0 radical (unpaired) electrons. The van der Waals surface area contributed by atoms with Crippen LogP contribution < -0.4 is 15.6 Å². The van der Waals surface area contributed by atoms with Crippen LogP contribution in [-0.4, -0.2) is 27.8 Å². The van der Waals surface area contributed by atoms with Gasteiger partial charge < -0.3 is 10.1 Å². The van der Waals surface area contributed by atoms with E-state index >= 15 is 0 Å². The summed E-state index contributed by atoms with van der Waals surface area (Å²) in [5.41, 5.74) is 1.96. The van der Waals surface area contributed by atoms with Crippen LogP contribution in [0.5, 0.6) is 5.75 Å².